The Kier molecular flexibility index (Phi) is 10.5. The average molecular weight is 261 g/mol. The van der Waals surface area contributed by atoms with E-state index in [0.717, 1.165) is 0 Å². The van der Waals surface area contributed by atoms with Gasteiger partial charge >= 0.3 is 0 Å². The molecule has 0 heterocycles. The Hall–Kier alpha value is -0.980. The van der Waals surface area contributed by atoms with Gasteiger partial charge in [-0.1, -0.05) is 13.8 Å². The van der Waals surface area contributed by atoms with E-state index in [4.69, 9.17) is 14.6 Å². The monoisotopic (exact) mass is 261 g/mol. The molecule has 0 aromatic rings. The van der Waals surface area contributed by atoms with Gasteiger partial charge in [0.2, 0.25) is 5.91 Å². The first kappa shape index (κ1) is 17.0. The van der Waals surface area contributed by atoms with Crippen molar-refractivity contribution in [2.75, 3.05) is 39.6 Å². The lowest BCUT2D eigenvalue weighted by Gasteiger charge is -2.09. The molecule has 0 fully saturated rings. The Bertz CT molecular complexity index is 233. The number of aldehydes is 1. The van der Waals surface area contributed by atoms with Gasteiger partial charge in [0.25, 0.3) is 0 Å². The molecule has 2 N–H and O–H groups in total. The molecule has 0 saturated heterocycles. The first-order chi connectivity index (χ1) is 8.61. The summed E-state index contributed by atoms with van der Waals surface area (Å²) in [5, 5.41) is 11.4. The number of aliphatic hydroxyl groups is 1. The largest absolute Gasteiger partial charge is 0.396 e. The summed E-state index contributed by atoms with van der Waals surface area (Å²) in [6.07, 6.45) is 0.669. The second-order valence-corrected chi connectivity index (χ2v) is 4.21. The molecule has 1 atom stereocenters. The molecule has 0 aromatic heterocycles. The van der Waals surface area contributed by atoms with Crippen LogP contribution in [0.4, 0.5) is 0 Å². The summed E-state index contributed by atoms with van der Waals surface area (Å²) in [5.41, 5.74) is 0. The fraction of sp³-hybridized carbons (Fsp3) is 0.833. The van der Waals surface area contributed by atoms with Gasteiger partial charge in [-0.2, -0.15) is 0 Å². The lowest BCUT2D eigenvalue weighted by Crippen LogP contribution is -2.31. The number of aliphatic hydroxyl groups excluding tert-OH is 1. The van der Waals surface area contributed by atoms with Crippen molar-refractivity contribution in [3.63, 3.8) is 0 Å². The number of nitrogens with one attached hydrogen (secondary N) is 1. The summed E-state index contributed by atoms with van der Waals surface area (Å²) < 4.78 is 10.4. The highest BCUT2D eigenvalue weighted by molar-refractivity contribution is 5.77. The van der Waals surface area contributed by atoms with Crippen molar-refractivity contribution in [3.05, 3.63) is 0 Å². The maximum Gasteiger partial charge on any atom is 0.222 e. The van der Waals surface area contributed by atoms with E-state index in [1.807, 2.05) is 13.8 Å². The van der Waals surface area contributed by atoms with Crippen molar-refractivity contribution < 1.29 is 24.2 Å². The Balaban J connectivity index is 3.26. The van der Waals surface area contributed by atoms with Crippen LogP contribution in [0.15, 0.2) is 0 Å². The van der Waals surface area contributed by atoms with Gasteiger partial charge in [0.15, 0.2) is 0 Å². The number of rotatable bonds is 11. The predicted octanol–water partition coefficient (Wildman–Crippen LogP) is -0.401. The molecule has 18 heavy (non-hydrogen) atoms. The molecule has 0 aromatic carbocycles. The Morgan fingerprint density at radius 3 is 2.50 bits per heavy atom. The summed E-state index contributed by atoms with van der Waals surface area (Å²) in [7, 11) is 0. The molecule has 0 aliphatic heterocycles. The van der Waals surface area contributed by atoms with E-state index in [1.165, 1.54) is 0 Å². The van der Waals surface area contributed by atoms with Gasteiger partial charge in [-0.25, -0.2) is 0 Å². The number of ether oxygens (including phenoxy) is 2. The highest BCUT2D eigenvalue weighted by atomic mass is 16.5. The molecule has 106 valence electrons. The van der Waals surface area contributed by atoms with Gasteiger partial charge in [-0.3, -0.25) is 4.79 Å². The minimum Gasteiger partial charge on any atom is -0.396 e. The van der Waals surface area contributed by atoms with E-state index >= 15 is 0 Å². The van der Waals surface area contributed by atoms with E-state index in [-0.39, 0.29) is 25.0 Å². The molecular formula is C12H23NO5. The Labute approximate surface area is 108 Å². The van der Waals surface area contributed by atoms with E-state index < -0.39 is 5.92 Å². The zero-order chi connectivity index (χ0) is 13.8. The van der Waals surface area contributed by atoms with E-state index in [0.29, 0.717) is 32.7 Å². The summed E-state index contributed by atoms with van der Waals surface area (Å²) in [6, 6.07) is 0. The van der Waals surface area contributed by atoms with Gasteiger partial charge in [-0.15, -0.1) is 0 Å². The van der Waals surface area contributed by atoms with Crippen LogP contribution in [0.2, 0.25) is 0 Å². The Morgan fingerprint density at radius 1 is 1.28 bits per heavy atom. The van der Waals surface area contributed by atoms with Crippen LogP contribution in [-0.4, -0.2) is 56.9 Å². The second kappa shape index (κ2) is 11.1. The van der Waals surface area contributed by atoms with Crippen molar-refractivity contribution in [1.29, 1.82) is 0 Å². The third-order valence-corrected chi connectivity index (χ3v) is 2.20. The standard InChI is InChI=1S/C12H23NO5/c1-10(2)12(16)13-3-4-17-5-6-18-9-11(7-14)8-15/h7,10-11,15H,3-6,8-9H2,1-2H3,(H,13,16). The van der Waals surface area contributed by atoms with Gasteiger partial charge in [0.1, 0.15) is 6.29 Å². The van der Waals surface area contributed by atoms with Crippen LogP contribution in [0.3, 0.4) is 0 Å². The minimum atomic E-state index is -0.463. The van der Waals surface area contributed by atoms with E-state index in [1.54, 1.807) is 0 Å². The van der Waals surface area contributed by atoms with E-state index in [9.17, 15) is 9.59 Å². The van der Waals surface area contributed by atoms with Crippen molar-refractivity contribution in [2.45, 2.75) is 13.8 Å². The van der Waals surface area contributed by atoms with Crippen molar-refractivity contribution in [3.8, 4) is 0 Å². The maximum atomic E-state index is 11.2. The van der Waals surface area contributed by atoms with Crippen LogP contribution in [0.5, 0.6) is 0 Å². The molecule has 1 amide bonds. The fourth-order valence-corrected chi connectivity index (χ4v) is 1.04. The number of hydrogen-bond acceptors (Lipinski definition) is 5. The lowest BCUT2D eigenvalue weighted by atomic mass is 10.2. The predicted molar refractivity (Wildman–Crippen MR) is 66.1 cm³/mol. The van der Waals surface area contributed by atoms with Crippen molar-refractivity contribution in [1.82, 2.24) is 5.32 Å². The summed E-state index contributed by atoms with van der Waals surface area (Å²) in [4.78, 5) is 21.5. The molecular weight excluding hydrogens is 238 g/mol. The molecule has 0 spiro atoms. The molecule has 1 unspecified atom stereocenters. The molecule has 6 heteroatoms. The topological polar surface area (TPSA) is 84.9 Å². The zero-order valence-corrected chi connectivity index (χ0v) is 11.1. The highest BCUT2D eigenvalue weighted by Crippen LogP contribution is 1.92. The summed E-state index contributed by atoms with van der Waals surface area (Å²) in [6.45, 7) is 5.32. The van der Waals surface area contributed by atoms with Crippen molar-refractivity contribution in [2.24, 2.45) is 11.8 Å². The van der Waals surface area contributed by atoms with Crippen molar-refractivity contribution >= 4 is 12.2 Å². The van der Waals surface area contributed by atoms with Crippen LogP contribution < -0.4 is 5.32 Å². The third kappa shape index (κ3) is 9.09. The van der Waals surface area contributed by atoms with Gasteiger partial charge in [0.05, 0.1) is 39.0 Å². The first-order valence-corrected chi connectivity index (χ1v) is 6.11. The number of carbonyl (C=O) groups is 2. The smallest absolute Gasteiger partial charge is 0.222 e. The molecule has 0 saturated carbocycles. The SMILES string of the molecule is CC(C)C(=O)NCCOCCOCC(C=O)CO. The second-order valence-electron chi connectivity index (χ2n) is 4.21. The number of amides is 1. The zero-order valence-electron chi connectivity index (χ0n) is 11.1. The van der Waals surface area contributed by atoms with Crippen LogP contribution >= 0.6 is 0 Å². The van der Waals surface area contributed by atoms with Crippen LogP contribution in [0.25, 0.3) is 0 Å². The van der Waals surface area contributed by atoms with Crippen LogP contribution in [0.1, 0.15) is 13.8 Å². The van der Waals surface area contributed by atoms with Gasteiger partial charge < -0.3 is 24.7 Å². The van der Waals surface area contributed by atoms with Crippen LogP contribution in [0, 0.1) is 11.8 Å². The average Bonchev–Trinajstić information content (AvgIpc) is 2.36. The van der Waals surface area contributed by atoms with Gasteiger partial charge in [0, 0.05) is 12.5 Å². The minimum absolute atomic E-state index is 0.00613. The molecule has 0 aliphatic rings. The number of carbonyl (C=O) groups excluding carboxylic acids is 2. The molecule has 0 radical (unpaired) electrons. The quantitative estimate of drug-likeness (QED) is 0.390. The van der Waals surface area contributed by atoms with E-state index in [2.05, 4.69) is 5.32 Å². The summed E-state index contributed by atoms with van der Waals surface area (Å²) in [5.74, 6) is -0.478. The maximum absolute atomic E-state index is 11.2. The molecule has 0 rings (SSSR count). The van der Waals surface area contributed by atoms with Gasteiger partial charge in [-0.05, 0) is 0 Å². The third-order valence-electron chi connectivity index (χ3n) is 2.20. The molecule has 6 nitrogen and oxygen atoms in total. The lowest BCUT2D eigenvalue weighted by molar-refractivity contribution is -0.124. The first-order valence-electron chi connectivity index (χ1n) is 6.11. The van der Waals surface area contributed by atoms with Crippen LogP contribution in [-0.2, 0) is 19.1 Å². The normalized spacial score (nSPS) is 12.4. The Morgan fingerprint density at radius 2 is 1.94 bits per heavy atom. The fourth-order valence-electron chi connectivity index (χ4n) is 1.04. The number of hydrogen-bond donors (Lipinski definition) is 2. The molecule has 0 bridgehead atoms. The summed E-state index contributed by atoms with van der Waals surface area (Å²) >= 11 is 0. The molecule has 0 aliphatic carbocycles. The highest BCUT2D eigenvalue weighted by Gasteiger charge is 2.05.